The van der Waals surface area contributed by atoms with Crippen LogP contribution in [-0.2, 0) is 22.7 Å². The summed E-state index contributed by atoms with van der Waals surface area (Å²) in [4.78, 5) is 15.9. The van der Waals surface area contributed by atoms with Crippen molar-refractivity contribution in [2.45, 2.75) is 38.4 Å². The molecule has 0 amide bonds. The summed E-state index contributed by atoms with van der Waals surface area (Å²) >= 11 is 8.14. The average molecular weight is 528 g/mol. The number of morpholine rings is 1. The zero-order valence-electron chi connectivity index (χ0n) is 20.7. The molecule has 1 atom stereocenters. The highest BCUT2D eigenvalue weighted by Crippen LogP contribution is 2.36. The summed E-state index contributed by atoms with van der Waals surface area (Å²) in [5.41, 5.74) is 5.91. The van der Waals surface area contributed by atoms with Crippen molar-refractivity contribution in [1.29, 1.82) is 0 Å². The molecule has 2 fully saturated rings. The summed E-state index contributed by atoms with van der Waals surface area (Å²) in [5.74, 6) is 1.01. The number of ether oxygens (including phenoxy) is 2. The average Bonchev–Trinajstić information content (AvgIpc) is 3.40. The first kappa shape index (κ1) is 25.6. The largest absolute Gasteiger partial charge is 0.488 e. The molecule has 2 saturated heterocycles. The normalized spacial score (nSPS) is 21.7. The Morgan fingerprint density at radius 2 is 1.94 bits per heavy atom. The minimum Gasteiger partial charge on any atom is -0.488 e. The monoisotopic (exact) mass is 527 g/mol. The molecule has 36 heavy (non-hydrogen) atoms. The Kier molecular flexibility index (Phi) is 8.54. The number of rotatable bonds is 8. The van der Waals surface area contributed by atoms with Gasteiger partial charge >= 0.3 is 0 Å². The number of hydrogen-bond acceptors (Lipinski definition) is 7. The van der Waals surface area contributed by atoms with Crippen LogP contribution in [0.25, 0.3) is 5.70 Å². The van der Waals surface area contributed by atoms with Crippen molar-refractivity contribution in [2.75, 3.05) is 39.4 Å². The van der Waals surface area contributed by atoms with E-state index in [0.29, 0.717) is 11.6 Å². The second-order valence-corrected chi connectivity index (χ2v) is 11.1. The molecule has 0 aliphatic carbocycles. The van der Waals surface area contributed by atoms with Crippen LogP contribution < -0.4 is 10.1 Å². The van der Waals surface area contributed by atoms with Crippen molar-refractivity contribution in [3.8, 4) is 5.75 Å². The molecule has 0 saturated carbocycles. The topological polar surface area (TPSA) is 54.0 Å². The molecule has 0 radical (unpaired) electrons. The van der Waals surface area contributed by atoms with Crippen molar-refractivity contribution in [3.63, 3.8) is 0 Å². The standard InChI is InChI=1S/C28H34ClN3O3S/c1-20-14-22(16-31-10-12-34-13-11-31)2-3-23(20)18-35-27-5-4-24(29)15-25(27)26-19-36-28(30-26)32-8-6-21(17-33)7-9-32/h2-5,14-15,17,19,21,28,30H,6-13,16,18H2,1H3. The molecule has 3 aliphatic heterocycles. The maximum atomic E-state index is 11.1. The van der Waals surface area contributed by atoms with Crippen LogP contribution in [0.3, 0.4) is 0 Å². The lowest BCUT2D eigenvalue weighted by Gasteiger charge is -2.34. The van der Waals surface area contributed by atoms with Crippen molar-refractivity contribution >= 4 is 35.3 Å². The van der Waals surface area contributed by atoms with E-state index in [9.17, 15) is 4.79 Å². The molecule has 2 aromatic carbocycles. The first-order chi connectivity index (χ1) is 17.6. The van der Waals surface area contributed by atoms with E-state index in [1.165, 1.54) is 16.7 Å². The smallest absolute Gasteiger partial charge is 0.132 e. The molecule has 2 aromatic rings. The van der Waals surface area contributed by atoms with Crippen molar-refractivity contribution in [3.05, 3.63) is 69.1 Å². The number of piperidine rings is 1. The van der Waals surface area contributed by atoms with Crippen LogP contribution in [-0.4, -0.2) is 61.0 Å². The lowest BCUT2D eigenvalue weighted by molar-refractivity contribution is -0.112. The summed E-state index contributed by atoms with van der Waals surface area (Å²) in [6.07, 6.45) is 2.95. The molecule has 8 heteroatoms. The number of nitrogens with zero attached hydrogens (tertiary/aromatic N) is 2. The molecule has 3 aliphatic rings. The van der Waals surface area contributed by atoms with E-state index in [4.69, 9.17) is 21.1 Å². The Hall–Kier alpha value is -2.03. The predicted octanol–water partition coefficient (Wildman–Crippen LogP) is 4.89. The van der Waals surface area contributed by atoms with Gasteiger partial charge in [-0.1, -0.05) is 41.6 Å². The summed E-state index contributed by atoms with van der Waals surface area (Å²) in [6.45, 7) is 9.07. The second kappa shape index (κ2) is 12.0. The predicted molar refractivity (Wildman–Crippen MR) is 146 cm³/mol. The van der Waals surface area contributed by atoms with Gasteiger partial charge in [-0.15, -0.1) is 0 Å². The molecule has 1 unspecified atom stereocenters. The molecule has 0 aromatic heterocycles. The van der Waals surface area contributed by atoms with E-state index in [0.717, 1.165) is 82.1 Å². The van der Waals surface area contributed by atoms with E-state index < -0.39 is 0 Å². The van der Waals surface area contributed by atoms with Gasteiger partial charge in [0.1, 0.15) is 24.1 Å². The summed E-state index contributed by atoms with van der Waals surface area (Å²) in [7, 11) is 0. The van der Waals surface area contributed by atoms with E-state index in [1.54, 1.807) is 11.8 Å². The van der Waals surface area contributed by atoms with Crippen molar-refractivity contribution < 1.29 is 14.3 Å². The zero-order chi connectivity index (χ0) is 24.9. The molecule has 5 rings (SSSR count). The Labute approximate surface area is 223 Å². The number of carbonyl (C=O) groups is 1. The highest BCUT2D eigenvalue weighted by atomic mass is 35.5. The number of benzene rings is 2. The van der Waals surface area contributed by atoms with Gasteiger partial charge in [0.2, 0.25) is 0 Å². The maximum Gasteiger partial charge on any atom is 0.132 e. The van der Waals surface area contributed by atoms with E-state index >= 15 is 0 Å². The third-order valence-electron chi connectivity index (χ3n) is 7.22. The number of thioether (sulfide) groups is 1. The number of aryl methyl sites for hydroxylation is 1. The fourth-order valence-electron chi connectivity index (χ4n) is 4.97. The second-order valence-electron chi connectivity index (χ2n) is 9.75. The number of likely N-dealkylation sites (tertiary alicyclic amines) is 1. The Bertz CT molecular complexity index is 1100. The lowest BCUT2D eigenvalue weighted by Crippen LogP contribution is -2.45. The molecule has 1 N–H and O–H groups in total. The van der Waals surface area contributed by atoms with Gasteiger partial charge in [-0.25, -0.2) is 0 Å². The highest BCUT2D eigenvalue weighted by molar-refractivity contribution is 8.03. The van der Waals surface area contributed by atoms with Crippen LogP contribution in [0.1, 0.15) is 35.1 Å². The van der Waals surface area contributed by atoms with Crippen LogP contribution in [0.15, 0.2) is 41.8 Å². The number of aldehydes is 1. The fraction of sp³-hybridized carbons (Fsp3) is 0.464. The van der Waals surface area contributed by atoms with Crippen LogP contribution in [0, 0.1) is 12.8 Å². The number of halogens is 1. The Morgan fingerprint density at radius 1 is 1.14 bits per heavy atom. The summed E-state index contributed by atoms with van der Waals surface area (Å²) < 4.78 is 11.8. The van der Waals surface area contributed by atoms with Crippen LogP contribution >= 0.6 is 23.4 Å². The zero-order valence-corrected chi connectivity index (χ0v) is 22.3. The van der Waals surface area contributed by atoms with Crippen molar-refractivity contribution in [2.24, 2.45) is 5.92 Å². The number of hydrogen-bond donors (Lipinski definition) is 1. The lowest BCUT2D eigenvalue weighted by atomic mass is 9.99. The SMILES string of the molecule is Cc1cc(CN2CCOCC2)ccc1COc1ccc(Cl)cc1C1=CSC(N2CCC(C=O)CC2)N1. The summed E-state index contributed by atoms with van der Waals surface area (Å²) in [6, 6.07) is 12.5. The van der Waals surface area contributed by atoms with Gasteiger partial charge in [0.15, 0.2) is 0 Å². The fourth-order valence-corrected chi connectivity index (χ4v) is 6.18. The molecular formula is C28H34ClN3O3S. The third kappa shape index (κ3) is 6.26. The first-order valence-corrected chi connectivity index (χ1v) is 14.0. The molecule has 3 heterocycles. The molecule has 192 valence electrons. The first-order valence-electron chi connectivity index (χ1n) is 12.7. The molecular weight excluding hydrogens is 494 g/mol. The minimum atomic E-state index is 0.167. The van der Waals surface area contributed by atoms with Gasteiger partial charge in [0.25, 0.3) is 0 Å². The molecule has 0 bridgehead atoms. The van der Waals surface area contributed by atoms with Gasteiger partial charge < -0.3 is 19.6 Å². The third-order valence-corrected chi connectivity index (χ3v) is 8.50. The van der Waals surface area contributed by atoms with Crippen LogP contribution in [0.2, 0.25) is 5.02 Å². The van der Waals surface area contributed by atoms with Gasteiger partial charge in [0, 0.05) is 49.2 Å². The van der Waals surface area contributed by atoms with Gasteiger partial charge in [-0.2, -0.15) is 0 Å². The number of nitrogens with one attached hydrogen (secondary N) is 1. The van der Waals surface area contributed by atoms with Crippen LogP contribution in [0.5, 0.6) is 5.75 Å². The van der Waals surface area contributed by atoms with Crippen molar-refractivity contribution in [1.82, 2.24) is 15.1 Å². The molecule has 6 nitrogen and oxygen atoms in total. The van der Waals surface area contributed by atoms with Crippen LogP contribution in [0.4, 0.5) is 0 Å². The Balaban J connectivity index is 1.22. The molecule has 0 spiro atoms. The highest BCUT2D eigenvalue weighted by Gasteiger charge is 2.29. The van der Waals surface area contributed by atoms with E-state index in [2.05, 4.69) is 45.6 Å². The number of carbonyl (C=O) groups excluding carboxylic acids is 1. The van der Waals surface area contributed by atoms with Gasteiger partial charge in [-0.05, 0) is 60.1 Å². The van der Waals surface area contributed by atoms with E-state index in [-0.39, 0.29) is 11.4 Å². The van der Waals surface area contributed by atoms with Gasteiger partial charge in [0.05, 0.1) is 18.9 Å². The Morgan fingerprint density at radius 3 is 2.69 bits per heavy atom. The van der Waals surface area contributed by atoms with Gasteiger partial charge in [-0.3, -0.25) is 9.80 Å². The maximum absolute atomic E-state index is 11.1. The quantitative estimate of drug-likeness (QED) is 0.490. The minimum absolute atomic E-state index is 0.167. The van der Waals surface area contributed by atoms with E-state index in [1.807, 2.05) is 18.2 Å². The summed E-state index contributed by atoms with van der Waals surface area (Å²) in [5, 5.41) is 6.48.